The van der Waals surface area contributed by atoms with Gasteiger partial charge in [-0.25, -0.2) is 24.2 Å². The fraction of sp³-hybridized carbons (Fsp3) is 0.300. The Kier molecular flexibility index (Phi) is 8.19. The summed E-state index contributed by atoms with van der Waals surface area (Å²) in [5, 5.41) is 5.99. The van der Waals surface area contributed by atoms with Gasteiger partial charge in [-0.1, -0.05) is 11.6 Å². The minimum atomic E-state index is -5.28. The van der Waals surface area contributed by atoms with E-state index < -0.39 is 30.1 Å². The molecule has 0 saturated heterocycles. The van der Waals surface area contributed by atoms with Gasteiger partial charge in [0.15, 0.2) is 0 Å². The lowest BCUT2D eigenvalue weighted by Crippen LogP contribution is -2.33. The number of hydrogen-bond acceptors (Lipinski definition) is 8. The number of amides is 3. The summed E-state index contributed by atoms with van der Waals surface area (Å²) in [5.74, 6) is -4.50. The van der Waals surface area contributed by atoms with E-state index in [4.69, 9.17) is 17.3 Å². The molecule has 1 aliphatic rings. The summed E-state index contributed by atoms with van der Waals surface area (Å²) in [6, 6.07) is 5.80. The molecule has 3 amide bonds. The number of nitrogens with zero attached hydrogens (tertiary/aromatic N) is 1. The molecule has 0 atom stereocenters. The smallest absolute Gasteiger partial charge is 0.365 e. The van der Waals surface area contributed by atoms with Crippen LogP contribution < -0.4 is 16.4 Å². The minimum absolute atomic E-state index is 0.0888. The van der Waals surface area contributed by atoms with Crippen LogP contribution in [0.5, 0.6) is 0 Å². The molecule has 0 saturated carbocycles. The molecule has 2 aromatic rings. The lowest BCUT2D eigenvalue weighted by molar-refractivity contribution is -0.285. The SMILES string of the molecule is NC(=O)c1c(NC(=O)Nc2ccc(Cl)cc2)sc2c1CCN(CCC(=O)OOC(=O)C(F)(F)F)C2. The van der Waals surface area contributed by atoms with Gasteiger partial charge in [-0.3, -0.25) is 15.0 Å². The molecule has 0 fully saturated rings. The van der Waals surface area contributed by atoms with Gasteiger partial charge in [0.05, 0.1) is 12.0 Å². The summed E-state index contributed by atoms with van der Waals surface area (Å²) in [7, 11) is 0. The number of alkyl halides is 3. The van der Waals surface area contributed by atoms with E-state index in [1.165, 1.54) is 0 Å². The lowest BCUT2D eigenvalue weighted by Gasteiger charge is -2.26. The second-order valence-corrected chi connectivity index (χ2v) is 8.80. The third-order valence-electron chi connectivity index (χ3n) is 4.79. The number of nitrogens with one attached hydrogen (secondary N) is 2. The summed E-state index contributed by atoms with van der Waals surface area (Å²) >= 11 is 6.96. The van der Waals surface area contributed by atoms with Gasteiger partial charge in [0.1, 0.15) is 5.00 Å². The zero-order valence-corrected chi connectivity index (χ0v) is 19.3. The molecule has 0 spiro atoms. The van der Waals surface area contributed by atoms with E-state index in [-0.39, 0.29) is 30.1 Å². The van der Waals surface area contributed by atoms with Gasteiger partial charge >= 0.3 is 24.1 Å². The van der Waals surface area contributed by atoms with Gasteiger partial charge in [0.25, 0.3) is 5.91 Å². The zero-order chi connectivity index (χ0) is 25.8. The molecule has 4 N–H and O–H groups in total. The number of fused-ring (bicyclic) bond motifs is 1. The van der Waals surface area contributed by atoms with E-state index >= 15 is 0 Å². The lowest BCUT2D eigenvalue weighted by atomic mass is 10.0. The van der Waals surface area contributed by atoms with Crippen molar-refractivity contribution in [3.8, 4) is 0 Å². The minimum Gasteiger partial charge on any atom is -0.365 e. The molecule has 10 nitrogen and oxygen atoms in total. The highest BCUT2D eigenvalue weighted by Crippen LogP contribution is 2.37. The number of urea groups is 1. The molecular formula is C20H18ClF3N4O6S. The van der Waals surface area contributed by atoms with Crippen molar-refractivity contribution in [1.82, 2.24) is 4.90 Å². The Balaban J connectivity index is 1.59. The highest BCUT2D eigenvalue weighted by atomic mass is 35.5. The molecule has 3 rings (SSSR count). The fourth-order valence-electron chi connectivity index (χ4n) is 3.22. The van der Waals surface area contributed by atoms with Crippen LogP contribution in [-0.4, -0.2) is 48.0 Å². The summed E-state index contributed by atoms with van der Waals surface area (Å²) < 4.78 is 36.2. The second-order valence-electron chi connectivity index (χ2n) is 7.26. The van der Waals surface area contributed by atoms with Crippen LogP contribution in [0.2, 0.25) is 5.02 Å². The van der Waals surface area contributed by atoms with Crippen LogP contribution in [0.3, 0.4) is 0 Å². The van der Waals surface area contributed by atoms with Crippen molar-refractivity contribution >= 4 is 57.5 Å². The Bertz CT molecular complexity index is 1140. The van der Waals surface area contributed by atoms with Crippen LogP contribution in [0.1, 0.15) is 27.2 Å². The molecule has 1 aliphatic heterocycles. The molecule has 35 heavy (non-hydrogen) atoms. The van der Waals surface area contributed by atoms with Crippen LogP contribution in [0.15, 0.2) is 24.3 Å². The van der Waals surface area contributed by atoms with Crippen molar-refractivity contribution in [3.05, 3.63) is 45.3 Å². The number of rotatable bonds is 6. The van der Waals surface area contributed by atoms with Gasteiger partial charge in [-0.2, -0.15) is 13.2 Å². The monoisotopic (exact) mass is 534 g/mol. The topological polar surface area (TPSA) is 140 Å². The number of primary amides is 1. The van der Waals surface area contributed by atoms with E-state index in [2.05, 4.69) is 20.4 Å². The predicted molar refractivity (Wildman–Crippen MR) is 119 cm³/mol. The van der Waals surface area contributed by atoms with E-state index in [1.807, 2.05) is 0 Å². The van der Waals surface area contributed by atoms with Crippen molar-refractivity contribution in [2.45, 2.75) is 25.6 Å². The maximum absolute atomic E-state index is 12.4. The quantitative estimate of drug-likeness (QED) is 0.381. The van der Waals surface area contributed by atoms with Crippen molar-refractivity contribution in [1.29, 1.82) is 0 Å². The van der Waals surface area contributed by atoms with Crippen molar-refractivity contribution in [3.63, 3.8) is 0 Å². The summed E-state index contributed by atoms with van der Waals surface area (Å²) in [6.45, 7) is 0.776. The number of hydrogen-bond donors (Lipinski definition) is 3. The molecule has 0 unspecified atom stereocenters. The van der Waals surface area contributed by atoms with Crippen LogP contribution >= 0.6 is 22.9 Å². The molecule has 15 heteroatoms. The first-order chi connectivity index (χ1) is 16.4. The summed E-state index contributed by atoms with van der Waals surface area (Å²) in [4.78, 5) is 56.5. The molecule has 0 radical (unpaired) electrons. The number of anilines is 2. The van der Waals surface area contributed by atoms with Crippen LogP contribution in [0.4, 0.5) is 28.7 Å². The van der Waals surface area contributed by atoms with Gasteiger partial charge in [0, 0.05) is 35.2 Å². The van der Waals surface area contributed by atoms with E-state index in [0.717, 1.165) is 16.2 Å². The van der Waals surface area contributed by atoms with Gasteiger partial charge in [0.2, 0.25) is 0 Å². The maximum atomic E-state index is 12.4. The zero-order valence-electron chi connectivity index (χ0n) is 17.7. The van der Waals surface area contributed by atoms with Gasteiger partial charge in [-0.05, 0) is 36.2 Å². The highest BCUT2D eigenvalue weighted by molar-refractivity contribution is 7.17. The van der Waals surface area contributed by atoms with Gasteiger partial charge in [-0.15, -0.1) is 11.3 Å². The summed E-state index contributed by atoms with van der Waals surface area (Å²) in [5.41, 5.74) is 6.87. The van der Waals surface area contributed by atoms with Crippen molar-refractivity contribution in [2.24, 2.45) is 5.73 Å². The molecule has 188 valence electrons. The second kappa shape index (κ2) is 10.9. The normalized spacial score (nSPS) is 13.5. The molecule has 1 aromatic carbocycles. The van der Waals surface area contributed by atoms with Crippen LogP contribution in [0, 0.1) is 0 Å². The molecule has 1 aromatic heterocycles. The number of halogens is 4. The highest BCUT2D eigenvalue weighted by Gasteiger charge is 2.43. The largest absolute Gasteiger partial charge is 0.495 e. The number of carbonyl (C=O) groups excluding carboxylic acids is 4. The Morgan fingerprint density at radius 3 is 2.43 bits per heavy atom. The van der Waals surface area contributed by atoms with Gasteiger partial charge < -0.3 is 11.1 Å². The Hall–Kier alpha value is -3.36. The first-order valence-electron chi connectivity index (χ1n) is 9.92. The Labute approximate surface area is 205 Å². The predicted octanol–water partition coefficient (Wildman–Crippen LogP) is 3.46. The standard InChI is InChI=1S/C20H18ClF3N4O6S/c21-10-1-3-11(4-2-10)26-19(32)27-17-15(16(25)30)12-5-7-28(9-13(12)35-17)8-6-14(29)33-34-18(31)20(22,23)24/h1-4H,5-9H2,(H2,25,30)(H2,26,27,32). The van der Waals surface area contributed by atoms with Crippen molar-refractivity contribution in [2.75, 3.05) is 23.7 Å². The fourth-order valence-corrected chi connectivity index (χ4v) is 4.63. The van der Waals surface area contributed by atoms with E-state index in [1.54, 1.807) is 29.2 Å². The molecule has 2 heterocycles. The average molecular weight is 535 g/mol. The number of carbonyl (C=O) groups is 4. The third-order valence-corrected chi connectivity index (χ3v) is 6.17. The van der Waals surface area contributed by atoms with Crippen LogP contribution in [0.25, 0.3) is 0 Å². The Morgan fingerprint density at radius 1 is 1.11 bits per heavy atom. The van der Waals surface area contributed by atoms with E-state index in [0.29, 0.717) is 29.2 Å². The first kappa shape index (κ1) is 26.2. The summed E-state index contributed by atoms with van der Waals surface area (Å²) in [6.07, 6.45) is -5.25. The Morgan fingerprint density at radius 2 is 1.80 bits per heavy atom. The number of benzene rings is 1. The van der Waals surface area contributed by atoms with Crippen LogP contribution in [-0.2, 0) is 32.3 Å². The molecule has 0 bridgehead atoms. The molecule has 0 aliphatic carbocycles. The first-order valence-corrected chi connectivity index (χ1v) is 11.1. The maximum Gasteiger partial charge on any atom is 0.495 e. The third kappa shape index (κ3) is 7.07. The van der Waals surface area contributed by atoms with Crippen molar-refractivity contribution < 1.29 is 42.1 Å². The average Bonchev–Trinajstić information content (AvgIpc) is 3.13. The van der Waals surface area contributed by atoms with E-state index in [9.17, 15) is 32.3 Å². The molecular weight excluding hydrogens is 517 g/mol. The number of thiophene rings is 1. The number of nitrogens with two attached hydrogens (primary N) is 1.